The maximum Gasteiger partial charge on any atom is 0.410 e. The number of aliphatic hydroxyl groups excluding tert-OH is 1. The van der Waals surface area contributed by atoms with Gasteiger partial charge in [0.25, 0.3) is 0 Å². The summed E-state index contributed by atoms with van der Waals surface area (Å²) in [5, 5.41) is 19.8. The average molecular weight is 509 g/mol. The highest BCUT2D eigenvalue weighted by Crippen LogP contribution is 2.26. The van der Waals surface area contributed by atoms with E-state index < -0.39 is 12.1 Å². The molecular formula is C30H28N4O4. The van der Waals surface area contributed by atoms with E-state index in [-0.39, 0.29) is 38.8 Å². The molecule has 3 aromatic rings. The zero-order valence-electron chi connectivity index (χ0n) is 20.9. The van der Waals surface area contributed by atoms with E-state index in [0.717, 1.165) is 22.4 Å². The van der Waals surface area contributed by atoms with Crippen LogP contribution in [0.3, 0.4) is 0 Å². The molecule has 8 heteroatoms. The molecule has 1 atom stereocenters. The van der Waals surface area contributed by atoms with E-state index in [1.807, 2.05) is 60.7 Å². The van der Waals surface area contributed by atoms with Crippen LogP contribution in [0.4, 0.5) is 10.5 Å². The monoisotopic (exact) mass is 508 g/mol. The molecule has 1 aliphatic heterocycles. The van der Waals surface area contributed by atoms with Gasteiger partial charge in [-0.25, -0.2) is 9.79 Å². The van der Waals surface area contributed by atoms with Crippen LogP contribution in [0.5, 0.6) is 0 Å². The van der Waals surface area contributed by atoms with Crippen LogP contribution < -0.4 is 0 Å². The molecule has 0 unspecified atom stereocenters. The second-order valence-corrected chi connectivity index (χ2v) is 8.76. The molecular weight excluding hydrogens is 480 g/mol. The highest BCUT2D eigenvalue weighted by atomic mass is 16.6. The number of rotatable bonds is 8. The summed E-state index contributed by atoms with van der Waals surface area (Å²) in [5.41, 5.74) is 4.16. The number of hydrogen-bond acceptors (Lipinski definition) is 6. The Hall–Kier alpha value is -4.74. The van der Waals surface area contributed by atoms with Crippen LogP contribution in [-0.2, 0) is 16.1 Å². The number of carbonyl (C=O) groups excluding carboxylic acids is 2. The maximum absolute atomic E-state index is 13.0. The third-order valence-corrected chi connectivity index (χ3v) is 6.17. The van der Waals surface area contributed by atoms with E-state index in [1.54, 1.807) is 23.1 Å². The van der Waals surface area contributed by atoms with Gasteiger partial charge in [0.2, 0.25) is 5.91 Å². The van der Waals surface area contributed by atoms with E-state index in [0.29, 0.717) is 11.3 Å². The SMILES string of the molecule is C=CCOC(=O)N1CC(=O)N(Cc2ccc(C#N)c(N=C(c3ccccc3)c3ccccc3)c2)[C@@H](CO)C1. The number of benzene rings is 3. The predicted molar refractivity (Wildman–Crippen MR) is 144 cm³/mol. The van der Waals surface area contributed by atoms with Crippen molar-refractivity contribution in [2.75, 3.05) is 26.3 Å². The van der Waals surface area contributed by atoms with E-state index >= 15 is 0 Å². The van der Waals surface area contributed by atoms with Gasteiger partial charge < -0.3 is 14.7 Å². The Kier molecular flexibility index (Phi) is 8.65. The van der Waals surface area contributed by atoms with Crippen molar-refractivity contribution in [2.45, 2.75) is 12.6 Å². The molecule has 3 aromatic carbocycles. The molecule has 1 N–H and O–H groups in total. The summed E-state index contributed by atoms with van der Waals surface area (Å²) < 4.78 is 5.05. The third kappa shape index (κ3) is 6.14. The van der Waals surface area contributed by atoms with Crippen molar-refractivity contribution >= 4 is 23.4 Å². The van der Waals surface area contributed by atoms with Gasteiger partial charge in [0, 0.05) is 24.2 Å². The lowest BCUT2D eigenvalue weighted by atomic mass is 10.0. The molecule has 4 rings (SSSR count). The summed E-state index contributed by atoms with van der Waals surface area (Å²) in [4.78, 5) is 33.0. The first-order valence-corrected chi connectivity index (χ1v) is 12.2. The number of nitrogens with zero attached hydrogens (tertiary/aromatic N) is 4. The Bertz CT molecular complexity index is 1320. The average Bonchev–Trinajstić information content (AvgIpc) is 2.96. The van der Waals surface area contributed by atoms with Crippen LogP contribution in [0, 0.1) is 11.3 Å². The summed E-state index contributed by atoms with van der Waals surface area (Å²) in [6.45, 7) is 3.43. The van der Waals surface area contributed by atoms with Crippen molar-refractivity contribution in [3.8, 4) is 6.07 Å². The van der Waals surface area contributed by atoms with Crippen LogP contribution >= 0.6 is 0 Å². The van der Waals surface area contributed by atoms with Gasteiger partial charge in [0.1, 0.15) is 19.2 Å². The lowest BCUT2D eigenvalue weighted by Crippen LogP contribution is -2.58. The van der Waals surface area contributed by atoms with Crippen LogP contribution in [0.1, 0.15) is 22.3 Å². The van der Waals surface area contributed by atoms with Crippen molar-refractivity contribution in [1.29, 1.82) is 5.26 Å². The second kappa shape index (κ2) is 12.5. The topological polar surface area (TPSA) is 106 Å². The van der Waals surface area contributed by atoms with Crippen molar-refractivity contribution in [3.05, 3.63) is 114 Å². The molecule has 0 saturated carbocycles. The Balaban J connectivity index is 1.64. The fourth-order valence-corrected chi connectivity index (χ4v) is 4.28. The molecule has 1 heterocycles. The number of carbonyl (C=O) groups is 2. The number of hydrogen-bond donors (Lipinski definition) is 1. The smallest absolute Gasteiger partial charge is 0.410 e. The zero-order valence-corrected chi connectivity index (χ0v) is 20.9. The van der Waals surface area contributed by atoms with Gasteiger partial charge in [0.05, 0.1) is 29.6 Å². The number of aliphatic hydroxyl groups is 1. The van der Waals surface area contributed by atoms with Crippen LogP contribution in [0.2, 0.25) is 0 Å². The number of piperazine rings is 1. The normalized spacial score (nSPS) is 14.9. The van der Waals surface area contributed by atoms with Crippen molar-refractivity contribution in [3.63, 3.8) is 0 Å². The second-order valence-electron chi connectivity index (χ2n) is 8.76. The Morgan fingerprint density at radius 3 is 2.34 bits per heavy atom. The van der Waals surface area contributed by atoms with E-state index in [1.165, 1.54) is 11.0 Å². The number of ether oxygens (including phenoxy) is 1. The van der Waals surface area contributed by atoms with Crippen molar-refractivity contribution in [1.82, 2.24) is 9.80 Å². The standard InChI is InChI=1S/C30H28N4O4/c1-2-15-38-30(37)33-19-26(21-35)34(28(36)20-33)18-22-13-14-25(17-31)27(16-22)32-29(23-9-5-3-6-10-23)24-11-7-4-8-12-24/h2-14,16,26,35H,1,15,18-21H2/t26-/m1/s1. The first-order chi connectivity index (χ1) is 18.5. The molecule has 8 nitrogen and oxygen atoms in total. The number of nitriles is 1. The third-order valence-electron chi connectivity index (χ3n) is 6.17. The highest BCUT2D eigenvalue weighted by Gasteiger charge is 2.35. The summed E-state index contributed by atoms with van der Waals surface area (Å²) in [6.07, 6.45) is 0.826. The Morgan fingerprint density at radius 2 is 1.76 bits per heavy atom. The minimum atomic E-state index is -0.624. The van der Waals surface area contributed by atoms with Crippen molar-refractivity contribution < 1.29 is 19.4 Å². The van der Waals surface area contributed by atoms with Crippen LogP contribution in [0.15, 0.2) is 96.5 Å². The minimum absolute atomic E-state index is 0.0412. The molecule has 0 aromatic heterocycles. The first kappa shape index (κ1) is 26.3. The van der Waals surface area contributed by atoms with Gasteiger partial charge in [-0.05, 0) is 17.7 Å². The molecule has 1 fully saturated rings. The Labute approximate surface area is 221 Å². The maximum atomic E-state index is 13.0. The lowest BCUT2D eigenvalue weighted by molar-refractivity contribution is -0.141. The predicted octanol–water partition coefficient (Wildman–Crippen LogP) is 4.06. The zero-order chi connectivity index (χ0) is 26.9. The molecule has 0 radical (unpaired) electrons. The molecule has 1 saturated heterocycles. The molecule has 0 spiro atoms. The minimum Gasteiger partial charge on any atom is -0.445 e. The van der Waals surface area contributed by atoms with Gasteiger partial charge >= 0.3 is 6.09 Å². The molecule has 1 aliphatic rings. The molecule has 192 valence electrons. The van der Waals surface area contributed by atoms with Gasteiger partial charge in [-0.3, -0.25) is 9.69 Å². The van der Waals surface area contributed by atoms with Crippen molar-refractivity contribution in [2.24, 2.45) is 4.99 Å². The van der Waals surface area contributed by atoms with E-state index in [2.05, 4.69) is 12.6 Å². The van der Waals surface area contributed by atoms with Crippen LogP contribution in [0.25, 0.3) is 0 Å². The molecule has 0 aliphatic carbocycles. The fourth-order valence-electron chi connectivity index (χ4n) is 4.28. The summed E-state index contributed by atoms with van der Waals surface area (Å²) >= 11 is 0. The van der Waals surface area contributed by atoms with Crippen LogP contribution in [-0.4, -0.2) is 65.0 Å². The van der Waals surface area contributed by atoms with E-state index in [9.17, 15) is 20.0 Å². The molecule has 0 bridgehead atoms. The lowest BCUT2D eigenvalue weighted by Gasteiger charge is -2.39. The summed E-state index contributed by atoms with van der Waals surface area (Å²) in [7, 11) is 0. The summed E-state index contributed by atoms with van der Waals surface area (Å²) in [6, 6.07) is 26.3. The van der Waals surface area contributed by atoms with Gasteiger partial charge in [-0.15, -0.1) is 0 Å². The summed E-state index contributed by atoms with van der Waals surface area (Å²) in [5.74, 6) is -0.311. The fraction of sp³-hybridized carbons (Fsp3) is 0.200. The largest absolute Gasteiger partial charge is 0.445 e. The van der Waals surface area contributed by atoms with Gasteiger partial charge in [-0.1, -0.05) is 79.4 Å². The Morgan fingerprint density at radius 1 is 1.11 bits per heavy atom. The highest BCUT2D eigenvalue weighted by molar-refractivity contribution is 6.14. The molecule has 38 heavy (non-hydrogen) atoms. The molecule has 2 amide bonds. The quantitative estimate of drug-likeness (QED) is 0.365. The number of amides is 2. The van der Waals surface area contributed by atoms with Gasteiger partial charge in [0.15, 0.2) is 0 Å². The number of aliphatic imine (C=N–C) groups is 1. The van der Waals surface area contributed by atoms with Gasteiger partial charge in [-0.2, -0.15) is 5.26 Å². The first-order valence-electron chi connectivity index (χ1n) is 12.2. The van der Waals surface area contributed by atoms with E-state index in [4.69, 9.17) is 9.73 Å².